The Morgan fingerprint density at radius 2 is 2.31 bits per heavy atom. The molecule has 3 nitrogen and oxygen atoms in total. The lowest BCUT2D eigenvalue weighted by Crippen LogP contribution is -1.97. The lowest BCUT2D eigenvalue weighted by atomic mass is 10.3. The van der Waals surface area contributed by atoms with Crippen LogP contribution in [0.15, 0.2) is 16.6 Å². The summed E-state index contributed by atoms with van der Waals surface area (Å²) >= 11 is 3.12. The van der Waals surface area contributed by atoms with Crippen LogP contribution in [-0.4, -0.2) is 9.97 Å². The molecule has 0 atom stereocenters. The summed E-state index contributed by atoms with van der Waals surface area (Å²) in [4.78, 5) is 7.10. The number of imidazole rings is 1. The molecule has 5 heteroatoms. The SMILES string of the molecule is NCc1nc2c(Br)c(F)ccc2[nH]1. The van der Waals surface area contributed by atoms with Crippen molar-refractivity contribution in [2.75, 3.05) is 0 Å². The second-order valence-electron chi connectivity index (χ2n) is 2.65. The zero-order valence-corrected chi connectivity index (χ0v) is 8.23. The first-order valence-corrected chi connectivity index (χ1v) is 4.54. The number of halogens is 2. The van der Waals surface area contributed by atoms with Crippen LogP contribution in [0.4, 0.5) is 4.39 Å². The van der Waals surface area contributed by atoms with E-state index in [0.717, 1.165) is 5.52 Å². The van der Waals surface area contributed by atoms with Crippen LogP contribution in [0.1, 0.15) is 5.82 Å². The molecule has 2 aromatic rings. The molecule has 0 bridgehead atoms. The molecule has 0 aliphatic carbocycles. The number of nitrogens with two attached hydrogens (primary N) is 1. The number of nitrogens with one attached hydrogen (secondary N) is 1. The summed E-state index contributed by atoms with van der Waals surface area (Å²) in [6.45, 7) is 0.322. The third-order valence-corrected chi connectivity index (χ3v) is 2.54. The normalized spacial score (nSPS) is 11.0. The maximum Gasteiger partial charge on any atom is 0.139 e. The maximum atomic E-state index is 13.0. The molecule has 0 amide bonds. The summed E-state index contributed by atoms with van der Waals surface area (Å²) in [6, 6.07) is 3.02. The molecule has 0 saturated carbocycles. The molecule has 0 aliphatic rings. The highest BCUT2D eigenvalue weighted by Gasteiger charge is 2.08. The van der Waals surface area contributed by atoms with Gasteiger partial charge in [0.2, 0.25) is 0 Å². The number of aromatic amines is 1. The highest BCUT2D eigenvalue weighted by Crippen LogP contribution is 2.24. The van der Waals surface area contributed by atoms with E-state index in [1.165, 1.54) is 6.07 Å². The van der Waals surface area contributed by atoms with Crippen molar-refractivity contribution < 1.29 is 4.39 Å². The van der Waals surface area contributed by atoms with Crippen LogP contribution in [-0.2, 0) is 6.54 Å². The smallest absolute Gasteiger partial charge is 0.139 e. The van der Waals surface area contributed by atoms with Gasteiger partial charge in [-0.25, -0.2) is 9.37 Å². The van der Waals surface area contributed by atoms with Gasteiger partial charge < -0.3 is 10.7 Å². The minimum Gasteiger partial charge on any atom is -0.341 e. The fraction of sp³-hybridized carbons (Fsp3) is 0.125. The number of benzene rings is 1. The van der Waals surface area contributed by atoms with E-state index in [4.69, 9.17) is 5.73 Å². The molecule has 1 aromatic carbocycles. The summed E-state index contributed by atoms with van der Waals surface area (Å²) in [5.41, 5.74) is 6.77. The van der Waals surface area contributed by atoms with Gasteiger partial charge in [0.05, 0.1) is 16.5 Å². The van der Waals surface area contributed by atoms with Crippen LogP contribution < -0.4 is 5.73 Å². The minimum atomic E-state index is -0.317. The summed E-state index contributed by atoms with van der Waals surface area (Å²) in [6.07, 6.45) is 0. The number of hydrogen-bond donors (Lipinski definition) is 2. The molecule has 0 unspecified atom stereocenters. The van der Waals surface area contributed by atoms with Crippen molar-refractivity contribution in [3.8, 4) is 0 Å². The van der Waals surface area contributed by atoms with E-state index >= 15 is 0 Å². The average molecular weight is 244 g/mol. The Kier molecular flexibility index (Phi) is 2.05. The Balaban J connectivity index is 2.76. The van der Waals surface area contributed by atoms with Crippen LogP contribution >= 0.6 is 15.9 Å². The van der Waals surface area contributed by atoms with Crippen LogP contribution in [0, 0.1) is 5.82 Å². The molecule has 68 valence electrons. The molecule has 0 fully saturated rings. The van der Waals surface area contributed by atoms with E-state index in [1.54, 1.807) is 6.07 Å². The van der Waals surface area contributed by atoms with E-state index < -0.39 is 0 Å². The zero-order valence-electron chi connectivity index (χ0n) is 6.64. The molecule has 0 spiro atoms. The fourth-order valence-corrected chi connectivity index (χ4v) is 1.60. The molecule has 0 saturated heterocycles. The monoisotopic (exact) mass is 243 g/mol. The van der Waals surface area contributed by atoms with Crippen molar-refractivity contribution in [1.29, 1.82) is 0 Å². The van der Waals surface area contributed by atoms with Crippen molar-refractivity contribution >= 4 is 27.0 Å². The van der Waals surface area contributed by atoms with E-state index in [9.17, 15) is 4.39 Å². The Morgan fingerprint density at radius 1 is 1.54 bits per heavy atom. The topological polar surface area (TPSA) is 54.7 Å². The Morgan fingerprint density at radius 3 is 3.00 bits per heavy atom. The first-order chi connectivity index (χ1) is 6.22. The molecule has 0 radical (unpaired) electrons. The largest absolute Gasteiger partial charge is 0.341 e. The summed E-state index contributed by atoms with van der Waals surface area (Å²) in [5.74, 6) is 0.337. The van der Waals surface area contributed by atoms with Crippen molar-refractivity contribution in [2.24, 2.45) is 5.73 Å². The van der Waals surface area contributed by atoms with Gasteiger partial charge in [-0.3, -0.25) is 0 Å². The molecule has 13 heavy (non-hydrogen) atoms. The third kappa shape index (κ3) is 1.34. The van der Waals surface area contributed by atoms with Gasteiger partial charge >= 0.3 is 0 Å². The van der Waals surface area contributed by atoms with Gasteiger partial charge in [-0.15, -0.1) is 0 Å². The van der Waals surface area contributed by atoms with Crippen LogP contribution in [0.25, 0.3) is 11.0 Å². The number of nitrogens with zero attached hydrogens (tertiary/aromatic N) is 1. The molecular weight excluding hydrogens is 237 g/mol. The number of rotatable bonds is 1. The maximum absolute atomic E-state index is 13.0. The Hall–Kier alpha value is -0.940. The predicted octanol–water partition coefficient (Wildman–Crippen LogP) is 1.92. The lowest BCUT2D eigenvalue weighted by molar-refractivity contribution is 0.623. The van der Waals surface area contributed by atoms with Gasteiger partial charge in [0, 0.05) is 0 Å². The van der Waals surface area contributed by atoms with E-state index in [1.807, 2.05) is 0 Å². The molecule has 2 rings (SSSR count). The van der Waals surface area contributed by atoms with E-state index in [2.05, 4.69) is 25.9 Å². The lowest BCUT2D eigenvalue weighted by Gasteiger charge is -1.92. The first kappa shape index (κ1) is 8.65. The highest BCUT2D eigenvalue weighted by atomic mass is 79.9. The first-order valence-electron chi connectivity index (χ1n) is 3.75. The number of hydrogen-bond acceptors (Lipinski definition) is 2. The second-order valence-corrected chi connectivity index (χ2v) is 3.44. The molecule has 3 N–H and O–H groups in total. The van der Waals surface area contributed by atoms with Crippen LogP contribution in [0.3, 0.4) is 0 Å². The van der Waals surface area contributed by atoms with Gasteiger partial charge in [0.15, 0.2) is 0 Å². The molecule has 1 aromatic heterocycles. The number of H-pyrrole nitrogens is 1. The van der Waals surface area contributed by atoms with E-state index in [-0.39, 0.29) is 5.82 Å². The van der Waals surface area contributed by atoms with Crippen LogP contribution in [0.2, 0.25) is 0 Å². The zero-order chi connectivity index (χ0) is 9.42. The number of fused-ring (bicyclic) bond motifs is 1. The van der Waals surface area contributed by atoms with Crippen molar-refractivity contribution in [3.05, 3.63) is 28.2 Å². The third-order valence-electron chi connectivity index (χ3n) is 1.79. The van der Waals surface area contributed by atoms with Crippen molar-refractivity contribution in [2.45, 2.75) is 6.54 Å². The Bertz CT molecular complexity index is 452. The van der Waals surface area contributed by atoms with Gasteiger partial charge in [0.25, 0.3) is 0 Å². The molecule has 1 heterocycles. The standard InChI is InChI=1S/C8H7BrFN3/c9-7-4(10)1-2-5-8(7)13-6(3-11)12-5/h1-2H,3,11H2,(H,12,13). The van der Waals surface area contributed by atoms with Gasteiger partial charge in [0.1, 0.15) is 17.2 Å². The summed E-state index contributed by atoms with van der Waals surface area (Å²) < 4.78 is 13.4. The molecular formula is C8H7BrFN3. The van der Waals surface area contributed by atoms with Gasteiger partial charge in [-0.05, 0) is 28.1 Å². The van der Waals surface area contributed by atoms with Crippen molar-refractivity contribution in [1.82, 2.24) is 9.97 Å². The van der Waals surface area contributed by atoms with Crippen LogP contribution in [0.5, 0.6) is 0 Å². The average Bonchev–Trinajstić information content (AvgIpc) is 2.55. The number of aromatic nitrogens is 2. The Labute approximate surface area is 82.3 Å². The highest BCUT2D eigenvalue weighted by molar-refractivity contribution is 9.10. The predicted molar refractivity (Wildman–Crippen MR) is 51.6 cm³/mol. The second kappa shape index (κ2) is 3.08. The van der Waals surface area contributed by atoms with E-state index in [0.29, 0.717) is 22.4 Å². The van der Waals surface area contributed by atoms with Gasteiger partial charge in [-0.2, -0.15) is 0 Å². The fourth-order valence-electron chi connectivity index (χ4n) is 1.17. The minimum absolute atomic E-state index is 0.317. The summed E-state index contributed by atoms with van der Waals surface area (Å²) in [5, 5.41) is 0. The quantitative estimate of drug-likeness (QED) is 0.805. The summed E-state index contributed by atoms with van der Waals surface area (Å²) in [7, 11) is 0. The van der Waals surface area contributed by atoms with Crippen molar-refractivity contribution in [3.63, 3.8) is 0 Å². The molecule has 0 aliphatic heterocycles. The van der Waals surface area contributed by atoms with Gasteiger partial charge in [-0.1, -0.05) is 0 Å².